The zero-order valence-electron chi connectivity index (χ0n) is 13.1. The van der Waals surface area contributed by atoms with E-state index < -0.39 is 11.5 Å². The van der Waals surface area contributed by atoms with E-state index in [2.05, 4.69) is 22.1 Å². The second-order valence-corrected chi connectivity index (χ2v) is 6.01. The molecule has 0 saturated carbocycles. The highest BCUT2D eigenvalue weighted by Gasteiger charge is 2.21. The van der Waals surface area contributed by atoms with Crippen LogP contribution >= 0.6 is 23.2 Å². The van der Waals surface area contributed by atoms with E-state index in [0.717, 1.165) is 11.6 Å². The van der Waals surface area contributed by atoms with Crippen LogP contribution in [0.5, 0.6) is 0 Å². The number of halogens is 2. The molecule has 0 saturated heterocycles. The normalized spacial score (nSPS) is 10.7. The summed E-state index contributed by atoms with van der Waals surface area (Å²) in [4.78, 5) is 24.6. The van der Waals surface area contributed by atoms with Crippen molar-refractivity contribution >= 4 is 34.9 Å². The molecule has 9 heteroatoms. The highest BCUT2D eigenvalue weighted by atomic mass is 35.5. The molecule has 2 aromatic heterocycles. The first-order chi connectivity index (χ1) is 11.9. The Morgan fingerprint density at radius 1 is 1.32 bits per heavy atom. The van der Waals surface area contributed by atoms with Crippen molar-refractivity contribution in [3.8, 4) is 11.4 Å². The fraction of sp³-hybridized carbons (Fsp3) is 0.0625. The van der Waals surface area contributed by atoms with Crippen molar-refractivity contribution in [1.82, 2.24) is 19.6 Å². The molecule has 2 N–H and O–H groups in total. The number of hydrogen-bond donors (Lipinski definition) is 2. The van der Waals surface area contributed by atoms with Gasteiger partial charge in [0.1, 0.15) is 5.69 Å². The molecule has 128 valence electrons. The van der Waals surface area contributed by atoms with Crippen molar-refractivity contribution in [1.29, 1.82) is 0 Å². The summed E-state index contributed by atoms with van der Waals surface area (Å²) in [5.41, 5.74) is 0.779. The lowest BCUT2D eigenvalue weighted by atomic mass is 10.2. The molecule has 3 rings (SSSR count). The van der Waals surface area contributed by atoms with E-state index in [9.17, 15) is 9.59 Å². The third-order valence-corrected chi connectivity index (χ3v) is 3.99. The molecular formula is C16H13Cl2N5O2. The van der Waals surface area contributed by atoms with Gasteiger partial charge in [0, 0.05) is 12.4 Å². The molecule has 0 unspecified atom stereocenters. The van der Waals surface area contributed by atoms with Crippen LogP contribution in [0.3, 0.4) is 0 Å². The lowest BCUT2D eigenvalue weighted by molar-refractivity contribution is -0.111. The van der Waals surface area contributed by atoms with E-state index in [1.54, 1.807) is 24.4 Å². The minimum absolute atomic E-state index is 0.118. The lowest BCUT2D eigenvalue weighted by Crippen LogP contribution is -2.19. The number of aryl methyl sites for hydroxylation is 1. The van der Waals surface area contributed by atoms with E-state index >= 15 is 0 Å². The average Bonchev–Trinajstić information content (AvgIpc) is 3.15. The Balaban J connectivity index is 2.27. The van der Waals surface area contributed by atoms with Crippen LogP contribution in [0, 0.1) is 6.92 Å². The molecule has 0 aliphatic carbocycles. The number of amides is 1. The van der Waals surface area contributed by atoms with Crippen LogP contribution in [-0.2, 0) is 4.79 Å². The summed E-state index contributed by atoms with van der Waals surface area (Å²) < 4.78 is 2.50. The number of aromatic amines is 1. The smallest absolute Gasteiger partial charge is 0.299 e. The number of nitrogens with one attached hydrogen (secondary N) is 2. The predicted octanol–water partition coefficient (Wildman–Crippen LogP) is 3.09. The number of carbonyl (C=O) groups excluding carboxylic acids is 1. The fourth-order valence-electron chi connectivity index (χ4n) is 2.37. The van der Waals surface area contributed by atoms with Crippen LogP contribution in [0.15, 0.2) is 48.0 Å². The fourth-order valence-corrected chi connectivity index (χ4v) is 3.13. The summed E-state index contributed by atoms with van der Waals surface area (Å²) >= 11 is 12.5. The van der Waals surface area contributed by atoms with Gasteiger partial charge in [-0.05, 0) is 36.8 Å². The van der Waals surface area contributed by atoms with Crippen LogP contribution in [0.25, 0.3) is 11.4 Å². The van der Waals surface area contributed by atoms with Gasteiger partial charge in [-0.25, -0.2) is 9.36 Å². The van der Waals surface area contributed by atoms with Gasteiger partial charge in [-0.1, -0.05) is 29.8 Å². The molecule has 0 radical (unpaired) electrons. The third kappa shape index (κ3) is 3.11. The van der Waals surface area contributed by atoms with Gasteiger partial charge in [-0.15, -0.1) is 0 Å². The van der Waals surface area contributed by atoms with Gasteiger partial charge in [0.25, 0.3) is 5.56 Å². The highest BCUT2D eigenvalue weighted by molar-refractivity contribution is 6.37. The van der Waals surface area contributed by atoms with Crippen molar-refractivity contribution in [2.45, 2.75) is 6.92 Å². The van der Waals surface area contributed by atoms with Gasteiger partial charge >= 0.3 is 0 Å². The average molecular weight is 378 g/mol. The van der Waals surface area contributed by atoms with Gasteiger partial charge in [0.05, 0.1) is 10.0 Å². The van der Waals surface area contributed by atoms with E-state index in [4.69, 9.17) is 23.2 Å². The van der Waals surface area contributed by atoms with Crippen molar-refractivity contribution in [2.75, 3.05) is 5.32 Å². The molecule has 0 bridgehead atoms. The number of carbonyl (C=O) groups is 1. The standard InChI is InChI=1S/C16H13Cl2N5O2/c1-3-12(24)20-15-14(22-6-4-5-19-22)16(25)23(21-15)13-10(17)7-9(2)8-11(13)18/h3-8,21H,1H2,2H3,(H,20,24). The number of anilines is 1. The summed E-state index contributed by atoms with van der Waals surface area (Å²) in [6, 6.07) is 5.03. The second-order valence-electron chi connectivity index (χ2n) is 5.20. The van der Waals surface area contributed by atoms with E-state index in [1.165, 1.54) is 15.6 Å². The van der Waals surface area contributed by atoms with Crippen LogP contribution in [0.4, 0.5) is 5.82 Å². The molecule has 0 spiro atoms. The molecule has 0 fully saturated rings. The number of rotatable bonds is 4. The summed E-state index contributed by atoms with van der Waals surface area (Å²) in [5, 5.41) is 10.00. The molecule has 25 heavy (non-hydrogen) atoms. The minimum atomic E-state index is -0.483. The summed E-state index contributed by atoms with van der Waals surface area (Å²) in [5.74, 6) is -0.339. The molecule has 2 heterocycles. The molecule has 0 aliphatic rings. The van der Waals surface area contributed by atoms with Crippen molar-refractivity contribution in [3.63, 3.8) is 0 Å². The van der Waals surface area contributed by atoms with Gasteiger partial charge in [-0.2, -0.15) is 5.10 Å². The Morgan fingerprint density at radius 2 is 2.00 bits per heavy atom. The molecule has 0 atom stereocenters. The maximum Gasteiger partial charge on any atom is 0.299 e. The first-order valence-corrected chi connectivity index (χ1v) is 7.92. The second kappa shape index (κ2) is 6.62. The SMILES string of the molecule is C=CC(=O)Nc1[nH]n(-c2c(Cl)cc(C)cc2Cl)c(=O)c1-n1cccn1. The first kappa shape index (κ1) is 17.1. The highest BCUT2D eigenvalue weighted by Crippen LogP contribution is 2.30. The Bertz CT molecular complexity index is 995. The molecular weight excluding hydrogens is 365 g/mol. The molecule has 7 nitrogen and oxygen atoms in total. The number of benzene rings is 1. The monoisotopic (exact) mass is 377 g/mol. The van der Waals surface area contributed by atoms with Crippen LogP contribution in [0.1, 0.15) is 5.56 Å². The zero-order valence-corrected chi connectivity index (χ0v) is 14.6. The molecule has 3 aromatic rings. The van der Waals surface area contributed by atoms with Crippen molar-refractivity contribution < 1.29 is 4.79 Å². The largest absolute Gasteiger partial charge is 0.306 e. The zero-order chi connectivity index (χ0) is 18.1. The maximum atomic E-state index is 12.9. The van der Waals surface area contributed by atoms with Crippen molar-refractivity contribution in [3.05, 3.63) is 69.2 Å². The van der Waals surface area contributed by atoms with Crippen LogP contribution < -0.4 is 10.9 Å². The van der Waals surface area contributed by atoms with E-state index in [1.807, 2.05) is 6.92 Å². The number of nitrogens with zero attached hydrogens (tertiary/aromatic N) is 3. The summed E-state index contributed by atoms with van der Waals surface area (Å²) in [6.45, 7) is 5.24. The summed E-state index contributed by atoms with van der Waals surface area (Å²) in [6.07, 6.45) is 4.19. The Kier molecular flexibility index (Phi) is 4.52. The Labute approximate surface area is 152 Å². The Hall–Kier alpha value is -2.77. The van der Waals surface area contributed by atoms with Crippen molar-refractivity contribution in [2.24, 2.45) is 0 Å². The van der Waals surface area contributed by atoms with Crippen LogP contribution in [0.2, 0.25) is 10.0 Å². The lowest BCUT2D eigenvalue weighted by Gasteiger charge is -2.08. The topological polar surface area (TPSA) is 84.7 Å². The van der Waals surface area contributed by atoms with Crippen LogP contribution in [-0.4, -0.2) is 25.5 Å². The number of aromatic nitrogens is 4. The molecule has 0 aliphatic heterocycles. The van der Waals surface area contributed by atoms with Gasteiger partial charge in [0.15, 0.2) is 11.5 Å². The van der Waals surface area contributed by atoms with E-state index in [0.29, 0.717) is 10.0 Å². The van der Waals surface area contributed by atoms with Gasteiger partial charge in [-0.3, -0.25) is 14.7 Å². The molecule has 1 amide bonds. The third-order valence-electron chi connectivity index (χ3n) is 3.42. The van der Waals surface area contributed by atoms with Gasteiger partial charge in [0.2, 0.25) is 5.91 Å². The Morgan fingerprint density at radius 3 is 2.56 bits per heavy atom. The van der Waals surface area contributed by atoms with Gasteiger partial charge < -0.3 is 5.32 Å². The number of hydrogen-bond acceptors (Lipinski definition) is 3. The minimum Gasteiger partial charge on any atom is -0.306 e. The molecule has 1 aromatic carbocycles. The number of H-pyrrole nitrogens is 1. The van der Waals surface area contributed by atoms with E-state index in [-0.39, 0.29) is 17.2 Å². The summed E-state index contributed by atoms with van der Waals surface area (Å²) in [7, 11) is 0. The maximum absolute atomic E-state index is 12.9. The first-order valence-electron chi connectivity index (χ1n) is 7.17. The quantitative estimate of drug-likeness (QED) is 0.685. The predicted molar refractivity (Wildman–Crippen MR) is 97.1 cm³/mol.